The van der Waals surface area contributed by atoms with E-state index in [4.69, 9.17) is 9.47 Å². The summed E-state index contributed by atoms with van der Waals surface area (Å²) in [6, 6.07) is 7.94. The van der Waals surface area contributed by atoms with Gasteiger partial charge in [0.05, 0.1) is 6.61 Å². The molecule has 0 spiro atoms. The molecule has 0 amide bonds. The zero-order valence-electron chi connectivity index (χ0n) is 10.4. The lowest BCUT2D eigenvalue weighted by atomic mass is 10.2. The lowest BCUT2D eigenvalue weighted by molar-refractivity contribution is -0.140. The fraction of sp³-hybridized carbons (Fsp3) is 0.462. The summed E-state index contributed by atoms with van der Waals surface area (Å²) >= 11 is 0. The van der Waals surface area contributed by atoms with Gasteiger partial charge in [0.2, 0.25) is 0 Å². The van der Waals surface area contributed by atoms with Gasteiger partial charge < -0.3 is 14.8 Å². The molecule has 0 bridgehead atoms. The van der Waals surface area contributed by atoms with Crippen LogP contribution in [-0.4, -0.2) is 25.7 Å². The maximum Gasteiger partial charge on any atom is 0.302 e. The Morgan fingerprint density at radius 2 is 2.00 bits per heavy atom. The quantitative estimate of drug-likeness (QED) is 0.579. The van der Waals surface area contributed by atoms with Gasteiger partial charge in [0, 0.05) is 20.0 Å². The minimum absolute atomic E-state index is 0.243. The van der Waals surface area contributed by atoms with Gasteiger partial charge in [0.1, 0.15) is 12.4 Å². The molecule has 0 aromatic heterocycles. The Morgan fingerprint density at radius 1 is 1.29 bits per heavy atom. The van der Waals surface area contributed by atoms with E-state index in [9.17, 15) is 4.79 Å². The lowest BCUT2D eigenvalue weighted by Gasteiger charge is -2.06. The highest BCUT2D eigenvalue weighted by Crippen LogP contribution is 2.11. The third-order valence-corrected chi connectivity index (χ3v) is 2.15. The van der Waals surface area contributed by atoms with Gasteiger partial charge in [-0.25, -0.2) is 0 Å². The van der Waals surface area contributed by atoms with Crippen molar-refractivity contribution < 1.29 is 14.3 Å². The summed E-state index contributed by atoms with van der Waals surface area (Å²) in [6.07, 6.45) is 0. The molecule has 0 heterocycles. The van der Waals surface area contributed by atoms with Crippen LogP contribution >= 0.6 is 0 Å². The molecule has 4 nitrogen and oxygen atoms in total. The van der Waals surface area contributed by atoms with Crippen LogP contribution in [0.5, 0.6) is 5.75 Å². The fourth-order valence-electron chi connectivity index (χ4n) is 1.37. The van der Waals surface area contributed by atoms with E-state index in [1.54, 1.807) is 0 Å². The molecule has 1 rings (SSSR count). The van der Waals surface area contributed by atoms with Crippen LogP contribution < -0.4 is 10.1 Å². The third-order valence-electron chi connectivity index (χ3n) is 2.15. The number of esters is 1. The molecule has 0 aliphatic rings. The predicted molar refractivity (Wildman–Crippen MR) is 66.0 cm³/mol. The molecule has 1 N–H and O–H groups in total. The van der Waals surface area contributed by atoms with Gasteiger partial charge in [-0.1, -0.05) is 12.1 Å². The summed E-state index contributed by atoms with van der Waals surface area (Å²) in [4.78, 5) is 10.5. The van der Waals surface area contributed by atoms with Crippen LogP contribution in [0.2, 0.25) is 0 Å². The molecule has 0 unspecified atom stereocenters. The first-order valence-corrected chi connectivity index (χ1v) is 5.78. The number of benzene rings is 1. The number of rotatable bonds is 7. The first-order chi connectivity index (χ1) is 8.22. The van der Waals surface area contributed by atoms with Crippen molar-refractivity contribution in [3.8, 4) is 5.75 Å². The van der Waals surface area contributed by atoms with Gasteiger partial charge in [-0.15, -0.1) is 0 Å². The Kier molecular flexibility index (Phi) is 6.10. The topological polar surface area (TPSA) is 47.6 Å². The molecular weight excluding hydrogens is 218 g/mol. The zero-order chi connectivity index (χ0) is 12.5. The normalized spacial score (nSPS) is 10.0. The van der Waals surface area contributed by atoms with Crippen LogP contribution in [-0.2, 0) is 16.1 Å². The summed E-state index contributed by atoms with van der Waals surface area (Å²) < 4.78 is 10.2. The van der Waals surface area contributed by atoms with Crippen molar-refractivity contribution in [2.45, 2.75) is 20.4 Å². The van der Waals surface area contributed by atoms with E-state index in [1.165, 1.54) is 12.5 Å². The lowest BCUT2D eigenvalue weighted by Crippen LogP contribution is -2.20. The van der Waals surface area contributed by atoms with Crippen molar-refractivity contribution in [2.24, 2.45) is 0 Å². The van der Waals surface area contributed by atoms with Gasteiger partial charge in [-0.05, 0) is 24.6 Å². The van der Waals surface area contributed by atoms with Crippen LogP contribution in [0.15, 0.2) is 24.3 Å². The summed E-state index contributed by atoms with van der Waals surface area (Å²) in [5.41, 5.74) is 1.18. The van der Waals surface area contributed by atoms with Gasteiger partial charge in [-0.2, -0.15) is 0 Å². The second kappa shape index (κ2) is 7.68. The van der Waals surface area contributed by atoms with Crippen LogP contribution in [0.4, 0.5) is 0 Å². The van der Waals surface area contributed by atoms with Gasteiger partial charge >= 0.3 is 5.97 Å². The van der Waals surface area contributed by atoms with E-state index in [0.29, 0.717) is 19.8 Å². The molecule has 1 aromatic carbocycles. The molecule has 0 aliphatic heterocycles. The first kappa shape index (κ1) is 13.5. The fourth-order valence-corrected chi connectivity index (χ4v) is 1.37. The van der Waals surface area contributed by atoms with Crippen LogP contribution in [0, 0.1) is 0 Å². The van der Waals surface area contributed by atoms with Crippen molar-refractivity contribution in [1.29, 1.82) is 0 Å². The van der Waals surface area contributed by atoms with Crippen LogP contribution in [0.1, 0.15) is 19.4 Å². The molecule has 0 fully saturated rings. The number of ether oxygens (including phenoxy) is 2. The minimum Gasteiger partial charge on any atom is -0.494 e. The number of hydrogen-bond donors (Lipinski definition) is 1. The first-order valence-electron chi connectivity index (χ1n) is 5.78. The summed E-state index contributed by atoms with van der Waals surface area (Å²) in [6.45, 7) is 5.88. The van der Waals surface area contributed by atoms with Crippen molar-refractivity contribution >= 4 is 5.97 Å². The van der Waals surface area contributed by atoms with E-state index >= 15 is 0 Å². The Hall–Kier alpha value is -1.55. The average Bonchev–Trinajstić information content (AvgIpc) is 2.31. The summed E-state index contributed by atoms with van der Waals surface area (Å²) in [5.74, 6) is 0.643. The van der Waals surface area contributed by atoms with Crippen molar-refractivity contribution in [3.63, 3.8) is 0 Å². The third kappa shape index (κ3) is 5.92. The highest BCUT2D eigenvalue weighted by Gasteiger charge is 1.96. The van der Waals surface area contributed by atoms with Gasteiger partial charge in [0.25, 0.3) is 0 Å². The van der Waals surface area contributed by atoms with E-state index < -0.39 is 0 Å². The van der Waals surface area contributed by atoms with E-state index in [1.807, 2.05) is 31.2 Å². The Bertz CT molecular complexity index is 335. The highest BCUT2D eigenvalue weighted by molar-refractivity contribution is 5.65. The Morgan fingerprint density at radius 3 is 2.59 bits per heavy atom. The SMILES string of the molecule is CCOc1ccc(CNCCOC(C)=O)cc1. The monoisotopic (exact) mass is 237 g/mol. The molecule has 0 saturated carbocycles. The van der Waals surface area contributed by atoms with Gasteiger partial charge in [-0.3, -0.25) is 4.79 Å². The van der Waals surface area contributed by atoms with Crippen molar-refractivity contribution in [2.75, 3.05) is 19.8 Å². The molecule has 4 heteroatoms. The minimum atomic E-state index is -0.243. The molecule has 0 atom stereocenters. The molecule has 17 heavy (non-hydrogen) atoms. The van der Waals surface area contributed by atoms with E-state index in [-0.39, 0.29) is 5.97 Å². The van der Waals surface area contributed by atoms with E-state index in [0.717, 1.165) is 12.3 Å². The average molecular weight is 237 g/mol. The summed E-state index contributed by atoms with van der Waals surface area (Å²) in [5, 5.41) is 3.19. The van der Waals surface area contributed by atoms with Crippen molar-refractivity contribution in [1.82, 2.24) is 5.32 Å². The number of hydrogen-bond acceptors (Lipinski definition) is 4. The maximum atomic E-state index is 10.5. The second-order valence-corrected chi connectivity index (χ2v) is 3.59. The number of nitrogens with one attached hydrogen (secondary N) is 1. The molecular formula is C13H19NO3. The van der Waals surface area contributed by atoms with Crippen LogP contribution in [0.3, 0.4) is 0 Å². The maximum absolute atomic E-state index is 10.5. The van der Waals surface area contributed by atoms with Crippen LogP contribution in [0.25, 0.3) is 0 Å². The van der Waals surface area contributed by atoms with Crippen molar-refractivity contribution in [3.05, 3.63) is 29.8 Å². The Balaban J connectivity index is 2.20. The molecule has 1 aromatic rings. The molecule has 0 radical (unpaired) electrons. The molecule has 0 aliphatic carbocycles. The largest absolute Gasteiger partial charge is 0.494 e. The van der Waals surface area contributed by atoms with Gasteiger partial charge in [0.15, 0.2) is 0 Å². The number of carbonyl (C=O) groups excluding carboxylic acids is 1. The zero-order valence-corrected chi connectivity index (χ0v) is 10.4. The Labute approximate surface area is 102 Å². The second-order valence-electron chi connectivity index (χ2n) is 3.59. The smallest absolute Gasteiger partial charge is 0.302 e. The standard InChI is InChI=1S/C13H19NO3/c1-3-16-13-6-4-12(5-7-13)10-14-8-9-17-11(2)15/h4-7,14H,3,8-10H2,1-2H3. The van der Waals surface area contributed by atoms with E-state index in [2.05, 4.69) is 5.32 Å². The highest BCUT2D eigenvalue weighted by atomic mass is 16.5. The molecule has 94 valence electrons. The predicted octanol–water partition coefficient (Wildman–Crippen LogP) is 1.74. The number of carbonyl (C=O) groups is 1. The summed E-state index contributed by atoms with van der Waals surface area (Å²) in [7, 11) is 0. The molecule has 0 saturated heterocycles.